The SMILES string of the molecule is Cc1ccc(S(=O)(=O)N2CCN(CC(=O)N(C)CC(=O)Nc3cc(C)ccn3)CC2)cc1. The van der Waals surface area contributed by atoms with Crippen molar-refractivity contribution in [3.8, 4) is 0 Å². The minimum absolute atomic E-state index is 0.0871. The largest absolute Gasteiger partial charge is 0.335 e. The van der Waals surface area contributed by atoms with Gasteiger partial charge in [-0.1, -0.05) is 17.7 Å². The summed E-state index contributed by atoms with van der Waals surface area (Å²) in [6.07, 6.45) is 1.61. The summed E-state index contributed by atoms with van der Waals surface area (Å²) >= 11 is 0. The predicted molar refractivity (Wildman–Crippen MR) is 122 cm³/mol. The first-order valence-corrected chi connectivity index (χ1v) is 11.8. The molecule has 10 heteroatoms. The number of amides is 2. The summed E-state index contributed by atoms with van der Waals surface area (Å²) in [5, 5.41) is 2.68. The zero-order chi connectivity index (χ0) is 23.3. The van der Waals surface area contributed by atoms with Gasteiger partial charge in [0.2, 0.25) is 21.8 Å². The molecule has 1 N–H and O–H groups in total. The van der Waals surface area contributed by atoms with Gasteiger partial charge in [0, 0.05) is 39.4 Å². The Morgan fingerprint density at radius 1 is 1.03 bits per heavy atom. The van der Waals surface area contributed by atoms with E-state index in [0.717, 1.165) is 11.1 Å². The van der Waals surface area contributed by atoms with Crippen LogP contribution in [0.4, 0.5) is 5.82 Å². The summed E-state index contributed by atoms with van der Waals surface area (Å²) in [6, 6.07) is 10.4. The van der Waals surface area contributed by atoms with Crippen LogP contribution in [0.1, 0.15) is 11.1 Å². The van der Waals surface area contributed by atoms with Crippen LogP contribution in [0, 0.1) is 13.8 Å². The quantitative estimate of drug-likeness (QED) is 0.665. The number of anilines is 1. The number of aryl methyl sites for hydroxylation is 2. The highest BCUT2D eigenvalue weighted by atomic mass is 32.2. The molecule has 9 nitrogen and oxygen atoms in total. The maximum atomic E-state index is 12.8. The third-order valence-corrected chi connectivity index (χ3v) is 7.25. The van der Waals surface area contributed by atoms with E-state index >= 15 is 0 Å². The van der Waals surface area contributed by atoms with Crippen LogP contribution in [0.3, 0.4) is 0 Å². The Morgan fingerprint density at radius 2 is 1.69 bits per heavy atom. The fourth-order valence-corrected chi connectivity index (χ4v) is 4.81. The van der Waals surface area contributed by atoms with Crippen LogP contribution in [-0.2, 0) is 19.6 Å². The molecule has 0 saturated carbocycles. The van der Waals surface area contributed by atoms with E-state index in [9.17, 15) is 18.0 Å². The third kappa shape index (κ3) is 6.12. The Bertz CT molecular complexity index is 1060. The molecule has 0 unspecified atom stereocenters. The van der Waals surface area contributed by atoms with E-state index < -0.39 is 10.0 Å². The van der Waals surface area contributed by atoms with E-state index in [-0.39, 0.29) is 29.8 Å². The number of hydrogen-bond acceptors (Lipinski definition) is 6. The van der Waals surface area contributed by atoms with Gasteiger partial charge in [-0.05, 0) is 43.7 Å². The van der Waals surface area contributed by atoms with Crippen LogP contribution in [-0.4, -0.2) is 85.6 Å². The Kier molecular flexibility index (Phi) is 7.60. The molecule has 0 bridgehead atoms. The van der Waals surface area contributed by atoms with Crippen LogP contribution < -0.4 is 5.32 Å². The molecule has 32 heavy (non-hydrogen) atoms. The van der Waals surface area contributed by atoms with E-state index in [2.05, 4.69) is 10.3 Å². The molecule has 1 saturated heterocycles. The second-order valence-electron chi connectivity index (χ2n) is 8.01. The standard InChI is InChI=1S/C22H29N5O4S/c1-17-4-6-19(7-5-17)32(30,31)27-12-10-26(11-13-27)16-22(29)25(3)15-21(28)24-20-14-18(2)8-9-23-20/h4-9,14H,10-13,15-16H2,1-3H3,(H,23,24,28). The van der Waals surface area contributed by atoms with E-state index in [0.29, 0.717) is 32.0 Å². The van der Waals surface area contributed by atoms with E-state index in [1.54, 1.807) is 43.6 Å². The fraction of sp³-hybridized carbons (Fsp3) is 0.409. The van der Waals surface area contributed by atoms with Crippen LogP contribution in [0.2, 0.25) is 0 Å². The number of likely N-dealkylation sites (N-methyl/N-ethyl adjacent to an activating group) is 1. The smallest absolute Gasteiger partial charge is 0.245 e. The fourth-order valence-electron chi connectivity index (χ4n) is 3.39. The molecule has 172 valence electrons. The number of benzene rings is 1. The van der Waals surface area contributed by atoms with E-state index in [4.69, 9.17) is 0 Å². The molecule has 0 atom stereocenters. The van der Waals surface area contributed by atoms with Gasteiger partial charge < -0.3 is 10.2 Å². The lowest BCUT2D eigenvalue weighted by atomic mass is 10.2. The van der Waals surface area contributed by atoms with Crippen molar-refractivity contribution in [3.63, 3.8) is 0 Å². The highest BCUT2D eigenvalue weighted by Crippen LogP contribution is 2.18. The Hall–Kier alpha value is -2.82. The van der Waals surface area contributed by atoms with E-state index in [1.807, 2.05) is 24.8 Å². The van der Waals surface area contributed by atoms with Gasteiger partial charge in [0.25, 0.3) is 0 Å². The summed E-state index contributed by atoms with van der Waals surface area (Å²) in [7, 11) is -1.97. The average molecular weight is 460 g/mol. The van der Waals surface area contributed by atoms with Crippen molar-refractivity contribution in [3.05, 3.63) is 53.7 Å². The lowest BCUT2D eigenvalue weighted by molar-refractivity contribution is -0.134. The molecule has 2 amide bonds. The molecule has 1 aromatic heterocycles. The maximum Gasteiger partial charge on any atom is 0.245 e. The van der Waals surface area contributed by atoms with Crippen molar-refractivity contribution in [1.29, 1.82) is 0 Å². The van der Waals surface area contributed by atoms with Gasteiger partial charge in [-0.3, -0.25) is 14.5 Å². The average Bonchev–Trinajstić information content (AvgIpc) is 2.74. The number of nitrogens with zero attached hydrogens (tertiary/aromatic N) is 4. The van der Waals surface area contributed by atoms with Gasteiger partial charge >= 0.3 is 0 Å². The number of hydrogen-bond donors (Lipinski definition) is 1. The Labute approximate surface area is 189 Å². The number of rotatable bonds is 7. The minimum atomic E-state index is -3.54. The van der Waals surface area contributed by atoms with Gasteiger partial charge in [-0.2, -0.15) is 4.31 Å². The molecule has 1 aliphatic rings. The lowest BCUT2D eigenvalue weighted by Gasteiger charge is -2.34. The molecule has 1 aliphatic heterocycles. The van der Waals surface area contributed by atoms with Gasteiger partial charge in [0.15, 0.2) is 0 Å². The van der Waals surface area contributed by atoms with Gasteiger partial charge in [-0.25, -0.2) is 13.4 Å². The lowest BCUT2D eigenvalue weighted by Crippen LogP contribution is -2.51. The zero-order valence-corrected chi connectivity index (χ0v) is 19.4. The molecule has 0 radical (unpaired) electrons. The van der Waals surface area contributed by atoms with E-state index in [1.165, 1.54) is 9.21 Å². The monoisotopic (exact) mass is 459 g/mol. The number of sulfonamides is 1. The molecular formula is C22H29N5O4S. The normalized spacial score (nSPS) is 15.3. The molecule has 0 spiro atoms. The maximum absolute atomic E-state index is 12.8. The predicted octanol–water partition coefficient (Wildman–Crippen LogP) is 1.10. The highest BCUT2D eigenvalue weighted by molar-refractivity contribution is 7.89. The van der Waals surface area contributed by atoms with Crippen LogP contribution >= 0.6 is 0 Å². The molecule has 1 fully saturated rings. The minimum Gasteiger partial charge on any atom is -0.335 e. The first-order valence-electron chi connectivity index (χ1n) is 10.4. The molecule has 1 aromatic carbocycles. The second kappa shape index (κ2) is 10.2. The van der Waals surface area contributed by atoms with Crippen molar-refractivity contribution < 1.29 is 18.0 Å². The molecule has 3 rings (SSSR count). The van der Waals surface area contributed by atoms with Crippen molar-refractivity contribution in [1.82, 2.24) is 19.1 Å². The number of carbonyl (C=O) groups excluding carboxylic acids is 2. The second-order valence-corrected chi connectivity index (χ2v) is 9.95. The van der Waals surface area contributed by atoms with Crippen molar-refractivity contribution in [2.24, 2.45) is 0 Å². The summed E-state index contributed by atoms with van der Waals surface area (Å²) in [5.41, 5.74) is 1.98. The van der Waals surface area contributed by atoms with Crippen LogP contribution in [0.25, 0.3) is 0 Å². The first kappa shape index (κ1) is 23.8. The Balaban J connectivity index is 1.47. The number of nitrogens with one attached hydrogen (secondary N) is 1. The summed E-state index contributed by atoms with van der Waals surface area (Å²) in [5.74, 6) is -0.0816. The topological polar surface area (TPSA) is 103 Å². The summed E-state index contributed by atoms with van der Waals surface area (Å²) in [4.78, 5) is 32.4. The highest BCUT2D eigenvalue weighted by Gasteiger charge is 2.29. The molecule has 2 aromatic rings. The Morgan fingerprint density at radius 3 is 2.31 bits per heavy atom. The molecular weight excluding hydrogens is 430 g/mol. The van der Waals surface area contributed by atoms with Crippen molar-refractivity contribution >= 4 is 27.7 Å². The van der Waals surface area contributed by atoms with Gasteiger partial charge in [0.1, 0.15) is 5.82 Å². The number of carbonyl (C=O) groups is 2. The number of piperazine rings is 1. The summed E-state index contributed by atoms with van der Waals surface area (Å²) in [6.45, 7) is 5.37. The van der Waals surface area contributed by atoms with Crippen LogP contribution in [0.5, 0.6) is 0 Å². The zero-order valence-electron chi connectivity index (χ0n) is 18.6. The number of pyridine rings is 1. The number of aromatic nitrogens is 1. The summed E-state index contributed by atoms with van der Waals surface area (Å²) < 4.78 is 27.1. The molecule has 2 heterocycles. The molecule has 0 aliphatic carbocycles. The van der Waals surface area contributed by atoms with Crippen molar-refractivity contribution in [2.45, 2.75) is 18.7 Å². The first-order chi connectivity index (χ1) is 15.1. The van der Waals surface area contributed by atoms with Crippen LogP contribution in [0.15, 0.2) is 47.5 Å². The van der Waals surface area contributed by atoms with Gasteiger partial charge in [0.05, 0.1) is 18.0 Å². The van der Waals surface area contributed by atoms with Crippen molar-refractivity contribution in [2.75, 3.05) is 51.6 Å². The van der Waals surface area contributed by atoms with Gasteiger partial charge in [-0.15, -0.1) is 0 Å². The third-order valence-electron chi connectivity index (χ3n) is 5.34.